The lowest BCUT2D eigenvalue weighted by molar-refractivity contribution is 0.513. The van der Waals surface area contributed by atoms with E-state index in [2.05, 4.69) is 23.3 Å². The van der Waals surface area contributed by atoms with E-state index in [9.17, 15) is 0 Å². The minimum absolute atomic E-state index is 0.167. The van der Waals surface area contributed by atoms with Crippen molar-refractivity contribution in [1.82, 2.24) is 10.3 Å². The number of rotatable bonds is 6. The van der Waals surface area contributed by atoms with Gasteiger partial charge >= 0.3 is 0 Å². The molecule has 1 unspecified atom stereocenters. The van der Waals surface area contributed by atoms with Gasteiger partial charge in [0.05, 0.1) is 6.26 Å². The molecule has 0 saturated carbocycles. The number of furan rings is 1. The van der Waals surface area contributed by atoms with E-state index in [0.29, 0.717) is 5.22 Å². The van der Waals surface area contributed by atoms with Crippen LogP contribution in [0.3, 0.4) is 0 Å². The van der Waals surface area contributed by atoms with Crippen LogP contribution >= 0.6 is 11.6 Å². The van der Waals surface area contributed by atoms with Gasteiger partial charge in [-0.25, -0.2) is 0 Å². The van der Waals surface area contributed by atoms with E-state index >= 15 is 0 Å². The Bertz CT molecular complexity index is 470. The molecule has 96 valence electrons. The topological polar surface area (TPSA) is 38.1 Å². The van der Waals surface area contributed by atoms with Gasteiger partial charge in [0, 0.05) is 24.0 Å². The number of nitrogens with one attached hydrogen (secondary N) is 1. The molecule has 2 heterocycles. The quantitative estimate of drug-likeness (QED) is 0.866. The minimum atomic E-state index is 0.167. The van der Waals surface area contributed by atoms with E-state index in [0.717, 1.165) is 24.9 Å². The van der Waals surface area contributed by atoms with E-state index in [1.165, 1.54) is 5.56 Å². The summed E-state index contributed by atoms with van der Waals surface area (Å²) in [4.78, 5) is 4.14. The van der Waals surface area contributed by atoms with Gasteiger partial charge in [-0.1, -0.05) is 13.0 Å². The van der Waals surface area contributed by atoms with E-state index < -0.39 is 0 Å². The summed E-state index contributed by atoms with van der Waals surface area (Å²) >= 11 is 6.06. The smallest absolute Gasteiger partial charge is 0.197 e. The Labute approximate surface area is 112 Å². The highest BCUT2D eigenvalue weighted by Gasteiger charge is 2.16. The summed E-state index contributed by atoms with van der Waals surface area (Å²) in [7, 11) is 0. The van der Waals surface area contributed by atoms with Crippen molar-refractivity contribution in [3.8, 4) is 0 Å². The fraction of sp³-hybridized carbons (Fsp3) is 0.357. The highest BCUT2D eigenvalue weighted by Crippen LogP contribution is 2.26. The first-order valence-electron chi connectivity index (χ1n) is 6.16. The van der Waals surface area contributed by atoms with Crippen molar-refractivity contribution in [1.29, 1.82) is 0 Å². The monoisotopic (exact) mass is 264 g/mol. The summed E-state index contributed by atoms with van der Waals surface area (Å²) in [6.07, 6.45) is 7.23. The second-order valence-electron chi connectivity index (χ2n) is 4.22. The molecule has 0 spiro atoms. The molecule has 1 atom stereocenters. The van der Waals surface area contributed by atoms with Crippen molar-refractivity contribution >= 4 is 11.6 Å². The normalized spacial score (nSPS) is 12.6. The van der Waals surface area contributed by atoms with Gasteiger partial charge in [0.1, 0.15) is 0 Å². The highest BCUT2D eigenvalue weighted by molar-refractivity contribution is 6.29. The van der Waals surface area contributed by atoms with Gasteiger partial charge in [-0.3, -0.25) is 4.98 Å². The third kappa shape index (κ3) is 3.34. The zero-order chi connectivity index (χ0) is 12.8. The Morgan fingerprint density at radius 3 is 2.94 bits per heavy atom. The van der Waals surface area contributed by atoms with E-state index in [-0.39, 0.29) is 6.04 Å². The first-order valence-corrected chi connectivity index (χ1v) is 6.54. The van der Waals surface area contributed by atoms with Gasteiger partial charge in [0.15, 0.2) is 5.22 Å². The number of hydrogen-bond donors (Lipinski definition) is 1. The number of pyridine rings is 1. The molecule has 0 aliphatic carbocycles. The zero-order valence-corrected chi connectivity index (χ0v) is 11.2. The molecule has 0 aliphatic heterocycles. The number of hydrogen-bond acceptors (Lipinski definition) is 3. The fourth-order valence-corrected chi connectivity index (χ4v) is 2.17. The van der Waals surface area contributed by atoms with Crippen LogP contribution in [-0.4, -0.2) is 11.5 Å². The van der Waals surface area contributed by atoms with Crippen LogP contribution in [0, 0.1) is 0 Å². The van der Waals surface area contributed by atoms with Crippen molar-refractivity contribution in [3.05, 3.63) is 53.2 Å². The van der Waals surface area contributed by atoms with Gasteiger partial charge in [-0.05, 0) is 48.7 Å². The molecule has 2 aromatic rings. The zero-order valence-electron chi connectivity index (χ0n) is 10.4. The fourth-order valence-electron chi connectivity index (χ4n) is 1.92. The first kappa shape index (κ1) is 13.1. The standard InChI is InChI=1S/C14H17ClN2O/c1-2-6-17-13(12-5-8-18-14(12)15)9-11-4-3-7-16-10-11/h3-5,7-8,10,13,17H,2,6,9H2,1H3. The molecule has 2 rings (SSSR count). The average Bonchev–Trinajstić information content (AvgIpc) is 2.82. The molecule has 4 heteroatoms. The van der Waals surface area contributed by atoms with Crippen LogP contribution in [0.15, 0.2) is 41.3 Å². The summed E-state index contributed by atoms with van der Waals surface area (Å²) in [5.41, 5.74) is 2.19. The van der Waals surface area contributed by atoms with Crippen molar-refractivity contribution < 1.29 is 4.42 Å². The van der Waals surface area contributed by atoms with Crippen LogP contribution in [0.4, 0.5) is 0 Å². The maximum absolute atomic E-state index is 6.06. The molecular formula is C14H17ClN2O. The van der Waals surface area contributed by atoms with Crippen LogP contribution < -0.4 is 5.32 Å². The molecule has 0 radical (unpaired) electrons. The number of aromatic nitrogens is 1. The minimum Gasteiger partial charge on any atom is -0.453 e. The third-order valence-corrected chi connectivity index (χ3v) is 3.13. The van der Waals surface area contributed by atoms with Crippen LogP contribution in [0.25, 0.3) is 0 Å². The SMILES string of the molecule is CCCNC(Cc1cccnc1)c1ccoc1Cl. The molecule has 3 nitrogen and oxygen atoms in total. The van der Waals surface area contributed by atoms with Crippen molar-refractivity contribution in [2.75, 3.05) is 6.54 Å². The summed E-state index contributed by atoms with van der Waals surface area (Å²) in [5, 5.41) is 3.95. The molecule has 0 amide bonds. The second kappa shape index (κ2) is 6.57. The molecule has 2 aromatic heterocycles. The van der Waals surface area contributed by atoms with Crippen LogP contribution in [0.1, 0.15) is 30.5 Å². The van der Waals surface area contributed by atoms with Crippen molar-refractivity contribution in [2.24, 2.45) is 0 Å². The van der Waals surface area contributed by atoms with E-state index in [1.54, 1.807) is 12.5 Å². The predicted octanol–water partition coefficient (Wildman–Crippen LogP) is 3.61. The molecule has 0 saturated heterocycles. The Balaban J connectivity index is 2.13. The average molecular weight is 265 g/mol. The molecule has 0 aromatic carbocycles. The van der Waals surface area contributed by atoms with Gasteiger partial charge in [0.2, 0.25) is 0 Å². The Morgan fingerprint density at radius 2 is 2.33 bits per heavy atom. The van der Waals surface area contributed by atoms with E-state index in [4.69, 9.17) is 16.0 Å². The van der Waals surface area contributed by atoms with Crippen molar-refractivity contribution in [3.63, 3.8) is 0 Å². The predicted molar refractivity (Wildman–Crippen MR) is 72.7 cm³/mol. The first-order chi connectivity index (χ1) is 8.81. The van der Waals surface area contributed by atoms with Gasteiger partial charge in [0.25, 0.3) is 0 Å². The van der Waals surface area contributed by atoms with Gasteiger partial charge in [-0.15, -0.1) is 0 Å². The van der Waals surface area contributed by atoms with Crippen LogP contribution in [-0.2, 0) is 6.42 Å². The largest absolute Gasteiger partial charge is 0.453 e. The lowest BCUT2D eigenvalue weighted by Crippen LogP contribution is -2.24. The van der Waals surface area contributed by atoms with Crippen LogP contribution in [0.5, 0.6) is 0 Å². The molecule has 0 bridgehead atoms. The number of halogens is 1. The molecule has 18 heavy (non-hydrogen) atoms. The Kier molecular flexibility index (Phi) is 4.79. The molecule has 0 fully saturated rings. The molecule has 1 N–H and O–H groups in total. The molecule has 0 aliphatic rings. The lowest BCUT2D eigenvalue weighted by atomic mass is 10.0. The Hall–Kier alpha value is -1.32. The molecular weight excluding hydrogens is 248 g/mol. The Morgan fingerprint density at radius 1 is 1.44 bits per heavy atom. The van der Waals surface area contributed by atoms with Gasteiger partial charge in [-0.2, -0.15) is 0 Å². The third-order valence-electron chi connectivity index (χ3n) is 2.82. The van der Waals surface area contributed by atoms with Crippen molar-refractivity contribution in [2.45, 2.75) is 25.8 Å². The maximum atomic E-state index is 6.06. The summed E-state index contributed by atoms with van der Waals surface area (Å²) in [6.45, 7) is 3.09. The van der Waals surface area contributed by atoms with Crippen LogP contribution in [0.2, 0.25) is 5.22 Å². The lowest BCUT2D eigenvalue weighted by Gasteiger charge is -2.17. The highest BCUT2D eigenvalue weighted by atomic mass is 35.5. The number of nitrogens with zero attached hydrogens (tertiary/aromatic N) is 1. The summed E-state index contributed by atoms with van der Waals surface area (Å²) in [5.74, 6) is 0. The van der Waals surface area contributed by atoms with Gasteiger partial charge < -0.3 is 9.73 Å². The summed E-state index contributed by atoms with van der Waals surface area (Å²) in [6, 6.07) is 6.11. The maximum Gasteiger partial charge on any atom is 0.197 e. The summed E-state index contributed by atoms with van der Waals surface area (Å²) < 4.78 is 5.17. The van der Waals surface area contributed by atoms with E-state index in [1.807, 2.05) is 18.3 Å². The second-order valence-corrected chi connectivity index (χ2v) is 4.57.